The summed E-state index contributed by atoms with van der Waals surface area (Å²) in [4.78, 5) is 41.9. The van der Waals surface area contributed by atoms with Crippen molar-refractivity contribution in [2.45, 2.75) is 18.3 Å². The number of hydrogen-bond donors (Lipinski definition) is 0. The molecule has 2 unspecified atom stereocenters. The number of carboxylic acids is 1. The Bertz CT molecular complexity index is 1320. The van der Waals surface area contributed by atoms with Crippen LogP contribution in [0.3, 0.4) is 0 Å². The summed E-state index contributed by atoms with van der Waals surface area (Å²) in [7, 11) is 0. The molecule has 1 heterocycles. The van der Waals surface area contributed by atoms with Crippen molar-refractivity contribution in [2.75, 3.05) is 4.90 Å². The lowest BCUT2D eigenvalue weighted by Gasteiger charge is -2.54. The molecule has 3 aliphatic carbocycles. The van der Waals surface area contributed by atoms with Gasteiger partial charge in [-0.25, -0.2) is 4.90 Å². The second-order valence-corrected chi connectivity index (χ2v) is 9.57. The first-order valence-electron chi connectivity index (χ1n) is 10.4. The number of nitrogens with zero attached hydrogens (tertiary/aromatic N) is 1. The molecule has 32 heavy (non-hydrogen) atoms. The number of imide groups is 1. The van der Waals surface area contributed by atoms with E-state index in [9.17, 15) is 19.5 Å². The largest absolute Gasteiger partial charge is 0.549 e. The number of aliphatic carboxylic acids is 1. The van der Waals surface area contributed by atoms with Crippen LogP contribution in [0.15, 0.2) is 71.2 Å². The number of aryl methyl sites for hydroxylation is 1. The van der Waals surface area contributed by atoms with Crippen molar-refractivity contribution in [3.63, 3.8) is 0 Å². The Morgan fingerprint density at radius 2 is 1.53 bits per heavy atom. The van der Waals surface area contributed by atoms with E-state index in [1.165, 1.54) is 4.90 Å². The quantitative estimate of drug-likeness (QED) is 0.521. The second kappa shape index (κ2) is 6.39. The van der Waals surface area contributed by atoms with E-state index in [1.54, 1.807) is 30.3 Å². The molecule has 1 aliphatic heterocycles. The highest BCUT2D eigenvalue weighted by Gasteiger charge is 2.69. The van der Waals surface area contributed by atoms with Crippen LogP contribution >= 0.6 is 15.9 Å². The van der Waals surface area contributed by atoms with Crippen LogP contribution in [0.4, 0.5) is 5.69 Å². The van der Waals surface area contributed by atoms with Gasteiger partial charge in [0.1, 0.15) is 0 Å². The predicted octanol–water partition coefficient (Wildman–Crippen LogP) is 3.06. The number of benzene rings is 3. The molecule has 0 saturated carbocycles. The van der Waals surface area contributed by atoms with Gasteiger partial charge < -0.3 is 9.90 Å². The van der Waals surface area contributed by atoms with Crippen molar-refractivity contribution in [1.82, 2.24) is 0 Å². The fourth-order valence-electron chi connectivity index (χ4n) is 6.15. The first-order valence-corrected chi connectivity index (χ1v) is 11.2. The minimum Gasteiger partial charge on any atom is -0.549 e. The maximum Gasteiger partial charge on any atom is 0.239 e. The first kappa shape index (κ1) is 19.4. The van der Waals surface area contributed by atoms with Crippen LogP contribution in [0.5, 0.6) is 0 Å². The van der Waals surface area contributed by atoms with E-state index in [1.807, 2.05) is 43.3 Å². The van der Waals surface area contributed by atoms with Gasteiger partial charge in [-0.1, -0.05) is 54.6 Å². The molecule has 2 bridgehead atoms. The van der Waals surface area contributed by atoms with Crippen LogP contribution < -0.4 is 10.0 Å². The maximum atomic E-state index is 13.9. The van der Waals surface area contributed by atoms with E-state index in [2.05, 4.69) is 15.9 Å². The highest BCUT2D eigenvalue weighted by Crippen LogP contribution is 2.64. The standard InChI is InChI=1S/C26H18BrNO4/c1-13-10-11-19(18(27)12-13)28-23(29)21-20-14-6-2-4-8-16(14)26(25(31)32,22(21)24(28)30)17-9-5-3-7-15(17)20/h2-12,20-22H,1H3,(H,31,32)/p-1. The SMILES string of the molecule is Cc1ccc(N2C(=O)C3C4c5ccccc5C(C(=O)[O-])(c5ccccc54)C3C2=O)c(Br)c1. The molecule has 2 atom stereocenters. The van der Waals surface area contributed by atoms with Crippen LogP contribution in [-0.4, -0.2) is 17.8 Å². The summed E-state index contributed by atoms with van der Waals surface area (Å²) in [5.74, 6) is -4.48. The van der Waals surface area contributed by atoms with Gasteiger partial charge in [-0.3, -0.25) is 9.59 Å². The molecule has 3 aromatic carbocycles. The summed E-state index contributed by atoms with van der Waals surface area (Å²) < 4.78 is 0.614. The average molecular weight is 487 g/mol. The normalized spacial score (nSPS) is 27.2. The summed E-state index contributed by atoms with van der Waals surface area (Å²) in [5.41, 5.74) is 2.35. The molecular weight excluding hydrogens is 470 g/mol. The zero-order valence-electron chi connectivity index (χ0n) is 17.0. The van der Waals surface area contributed by atoms with Crippen LogP contribution in [0.1, 0.15) is 33.7 Å². The van der Waals surface area contributed by atoms with Gasteiger partial charge in [0.05, 0.1) is 28.9 Å². The van der Waals surface area contributed by atoms with E-state index in [0.29, 0.717) is 21.3 Å². The van der Waals surface area contributed by atoms with Gasteiger partial charge >= 0.3 is 0 Å². The lowest BCUT2D eigenvalue weighted by atomic mass is 9.47. The number of rotatable bonds is 2. The number of amides is 2. The lowest BCUT2D eigenvalue weighted by Crippen LogP contribution is -2.61. The minimum absolute atomic E-state index is 0.371. The van der Waals surface area contributed by atoms with Crippen molar-refractivity contribution in [3.05, 3.63) is 99.0 Å². The van der Waals surface area contributed by atoms with Crippen molar-refractivity contribution >= 4 is 39.4 Å². The molecule has 0 spiro atoms. The Hall–Kier alpha value is -3.25. The highest BCUT2D eigenvalue weighted by atomic mass is 79.9. The number of hydrogen-bond acceptors (Lipinski definition) is 4. The molecule has 0 aromatic heterocycles. The second-order valence-electron chi connectivity index (χ2n) is 8.72. The van der Waals surface area contributed by atoms with E-state index >= 15 is 0 Å². The van der Waals surface area contributed by atoms with Gasteiger partial charge in [-0.2, -0.15) is 0 Å². The summed E-state index contributed by atoms with van der Waals surface area (Å²) in [6, 6.07) is 19.9. The Morgan fingerprint density at radius 1 is 0.938 bits per heavy atom. The van der Waals surface area contributed by atoms with Crippen molar-refractivity contribution < 1.29 is 19.5 Å². The number of anilines is 1. The number of halogens is 1. The van der Waals surface area contributed by atoms with Gasteiger partial charge in [-0.05, 0) is 62.8 Å². The van der Waals surface area contributed by atoms with E-state index in [4.69, 9.17) is 0 Å². The zero-order valence-corrected chi connectivity index (χ0v) is 18.6. The number of carbonyl (C=O) groups excluding carboxylic acids is 3. The Balaban J connectivity index is 1.67. The van der Waals surface area contributed by atoms with Gasteiger partial charge in [0.15, 0.2) is 0 Å². The molecule has 1 fully saturated rings. The predicted molar refractivity (Wildman–Crippen MR) is 119 cm³/mol. The molecule has 6 heteroatoms. The first-order chi connectivity index (χ1) is 15.4. The van der Waals surface area contributed by atoms with Crippen molar-refractivity contribution in [3.8, 4) is 0 Å². The number of carboxylic acid groups (broad SMARTS) is 1. The fourth-order valence-corrected chi connectivity index (χ4v) is 6.82. The van der Waals surface area contributed by atoms with Crippen LogP contribution in [0.2, 0.25) is 0 Å². The maximum absolute atomic E-state index is 13.9. The van der Waals surface area contributed by atoms with Gasteiger partial charge in [0, 0.05) is 10.4 Å². The molecule has 1 saturated heterocycles. The third-order valence-electron chi connectivity index (χ3n) is 7.28. The Morgan fingerprint density at radius 3 is 2.09 bits per heavy atom. The zero-order chi connectivity index (χ0) is 22.4. The van der Waals surface area contributed by atoms with E-state index in [0.717, 1.165) is 16.7 Å². The molecule has 2 amide bonds. The number of carbonyl (C=O) groups is 3. The Labute approximate surface area is 192 Å². The molecule has 3 aromatic rings. The van der Waals surface area contributed by atoms with Gasteiger partial charge in [-0.15, -0.1) is 0 Å². The Kier molecular flexibility index (Phi) is 3.88. The van der Waals surface area contributed by atoms with Crippen LogP contribution in [0.25, 0.3) is 0 Å². The molecule has 4 aliphatic rings. The summed E-state index contributed by atoms with van der Waals surface area (Å²) >= 11 is 3.48. The monoisotopic (exact) mass is 486 g/mol. The smallest absolute Gasteiger partial charge is 0.239 e. The third-order valence-corrected chi connectivity index (χ3v) is 7.92. The fraction of sp³-hybridized carbons (Fsp3) is 0.192. The lowest BCUT2D eigenvalue weighted by molar-refractivity contribution is -0.314. The minimum atomic E-state index is -1.72. The molecular formula is C26H17BrNO4-. The van der Waals surface area contributed by atoms with E-state index < -0.39 is 29.1 Å². The van der Waals surface area contributed by atoms with Crippen molar-refractivity contribution in [1.29, 1.82) is 0 Å². The van der Waals surface area contributed by atoms with Gasteiger partial charge in [0.2, 0.25) is 11.8 Å². The molecule has 7 rings (SSSR count). The molecule has 158 valence electrons. The summed E-state index contributed by atoms with van der Waals surface area (Å²) in [6.45, 7) is 1.92. The van der Waals surface area contributed by atoms with Crippen LogP contribution in [0, 0.1) is 18.8 Å². The molecule has 0 radical (unpaired) electrons. The van der Waals surface area contributed by atoms with Gasteiger partial charge in [0.25, 0.3) is 0 Å². The summed E-state index contributed by atoms with van der Waals surface area (Å²) in [6.07, 6.45) is 0. The summed E-state index contributed by atoms with van der Waals surface area (Å²) in [5, 5.41) is 13.0. The average Bonchev–Trinajstić information content (AvgIpc) is 3.05. The highest BCUT2D eigenvalue weighted by molar-refractivity contribution is 9.10. The molecule has 5 nitrogen and oxygen atoms in total. The molecule has 0 N–H and O–H groups in total. The topological polar surface area (TPSA) is 77.5 Å². The van der Waals surface area contributed by atoms with Crippen LogP contribution in [-0.2, 0) is 19.8 Å². The third kappa shape index (κ3) is 2.11. The van der Waals surface area contributed by atoms with E-state index in [-0.39, 0.29) is 11.8 Å². The van der Waals surface area contributed by atoms with Crippen molar-refractivity contribution in [2.24, 2.45) is 11.8 Å².